The summed E-state index contributed by atoms with van der Waals surface area (Å²) in [7, 11) is 3.13. The van der Waals surface area contributed by atoms with Crippen LogP contribution in [0.4, 0.5) is 0 Å². The first-order valence-electron chi connectivity index (χ1n) is 6.11. The second-order valence-corrected chi connectivity index (χ2v) is 4.55. The molecule has 0 fully saturated rings. The van der Waals surface area contributed by atoms with E-state index in [1.807, 2.05) is 12.1 Å². The van der Waals surface area contributed by atoms with E-state index in [1.54, 1.807) is 33.3 Å². The van der Waals surface area contributed by atoms with Crippen LogP contribution in [0.15, 0.2) is 24.3 Å². The number of fused-ring (bicyclic) bond motifs is 1. The summed E-state index contributed by atoms with van der Waals surface area (Å²) < 4.78 is 10.5. The Bertz CT molecular complexity index is 590. The zero-order valence-corrected chi connectivity index (χ0v) is 11.3. The average Bonchev–Trinajstić information content (AvgIpc) is 2.40. The van der Waals surface area contributed by atoms with Crippen molar-refractivity contribution in [1.82, 2.24) is 0 Å². The minimum Gasteiger partial charge on any atom is -0.507 e. The van der Waals surface area contributed by atoms with E-state index >= 15 is 0 Å². The molecule has 1 atom stereocenters. The third-order valence-electron chi connectivity index (χ3n) is 3.10. The van der Waals surface area contributed by atoms with Crippen molar-refractivity contribution in [3.8, 4) is 17.2 Å². The number of aliphatic hydroxyl groups is 1. The maximum Gasteiger partial charge on any atom is 0.161 e. The zero-order chi connectivity index (χ0) is 14.0. The minimum absolute atomic E-state index is 0.185. The lowest BCUT2D eigenvalue weighted by Crippen LogP contribution is -2.04. The fraction of sp³-hybridized carbons (Fsp3) is 0.333. The zero-order valence-electron chi connectivity index (χ0n) is 11.3. The Hall–Kier alpha value is -1.94. The van der Waals surface area contributed by atoms with Gasteiger partial charge < -0.3 is 19.7 Å². The van der Waals surface area contributed by atoms with Crippen LogP contribution in [0.25, 0.3) is 10.8 Å². The van der Waals surface area contributed by atoms with Gasteiger partial charge in [0.05, 0.1) is 20.3 Å². The molecule has 2 aromatic rings. The molecule has 0 radical (unpaired) electrons. The van der Waals surface area contributed by atoms with E-state index in [1.165, 1.54) is 0 Å². The monoisotopic (exact) mass is 262 g/mol. The number of benzene rings is 2. The molecule has 2 N–H and O–H groups in total. The van der Waals surface area contributed by atoms with Crippen molar-refractivity contribution in [2.24, 2.45) is 0 Å². The predicted molar refractivity (Wildman–Crippen MR) is 74.1 cm³/mol. The number of methoxy groups -OCH3 is 2. The topological polar surface area (TPSA) is 58.9 Å². The van der Waals surface area contributed by atoms with Gasteiger partial charge in [0.25, 0.3) is 0 Å². The highest BCUT2D eigenvalue weighted by molar-refractivity contribution is 5.93. The first kappa shape index (κ1) is 13.5. The SMILES string of the molecule is COc1cc2c(O)ccc(CC(C)O)c2cc1OC. The number of phenols is 1. The van der Waals surface area contributed by atoms with Crippen molar-refractivity contribution in [3.63, 3.8) is 0 Å². The molecule has 0 aliphatic heterocycles. The van der Waals surface area contributed by atoms with E-state index < -0.39 is 6.10 Å². The maximum absolute atomic E-state index is 9.95. The van der Waals surface area contributed by atoms with Crippen LogP contribution in [0.2, 0.25) is 0 Å². The van der Waals surface area contributed by atoms with Gasteiger partial charge in [-0.25, -0.2) is 0 Å². The van der Waals surface area contributed by atoms with Crippen molar-refractivity contribution in [2.75, 3.05) is 14.2 Å². The maximum atomic E-state index is 9.95. The quantitative estimate of drug-likeness (QED) is 0.888. The highest BCUT2D eigenvalue weighted by atomic mass is 16.5. The lowest BCUT2D eigenvalue weighted by molar-refractivity contribution is 0.196. The number of hydrogen-bond acceptors (Lipinski definition) is 4. The van der Waals surface area contributed by atoms with Gasteiger partial charge in [0.1, 0.15) is 5.75 Å². The molecule has 0 saturated heterocycles. The van der Waals surface area contributed by atoms with Gasteiger partial charge >= 0.3 is 0 Å². The standard InChI is InChI=1S/C15H18O4/c1-9(16)6-10-4-5-13(17)12-8-15(19-3)14(18-2)7-11(10)12/h4-5,7-9,16-17H,6H2,1-3H3. The summed E-state index contributed by atoms with van der Waals surface area (Å²) in [5, 5.41) is 21.0. The summed E-state index contributed by atoms with van der Waals surface area (Å²) >= 11 is 0. The van der Waals surface area contributed by atoms with Gasteiger partial charge in [-0.15, -0.1) is 0 Å². The number of aromatic hydroxyl groups is 1. The van der Waals surface area contributed by atoms with E-state index in [9.17, 15) is 10.2 Å². The predicted octanol–water partition coefficient (Wildman–Crippen LogP) is 2.49. The Labute approximate surface area is 112 Å². The van der Waals surface area contributed by atoms with Gasteiger partial charge in [0, 0.05) is 5.39 Å². The molecular formula is C15H18O4. The summed E-state index contributed by atoms with van der Waals surface area (Å²) in [6.45, 7) is 1.74. The van der Waals surface area contributed by atoms with Crippen LogP contribution in [-0.2, 0) is 6.42 Å². The van der Waals surface area contributed by atoms with Crippen LogP contribution in [0, 0.1) is 0 Å². The molecule has 0 amide bonds. The molecule has 2 aromatic carbocycles. The van der Waals surface area contributed by atoms with E-state index in [0.717, 1.165) is 10.9 Å². The van der Waals surface area contributed by atoms with Crippen LogP contribution >= 0.6 is 0 Å². The Morgan fingerprint density at radius 1 is 1.05 bits per heavy atom. The summed E-state index contributed by atoms with van der Waals surface area (Å²) in [4.78, 5) is 0. The Kier molecular flexibility index (Phi) is 3.81. The molecule has 0 aliphatic rings. The van der Waals surface area contributed by atoms with Crippen LogP contribution in [0.5, 0.6) is 17.2 Å². The lowest BCUT2D eigenvalue weighted by Gasteiger charge is -2.14. The molecule has 2 rings (SSSR count). The van der Waals surface area contributed by atoms with Gasteiger partial charge in [0.15, 0.2) is 11.5 Å². The molecule has 0 aromatic heterocycles. The second-order valence-electron chi connectivity index (χ2n) is 4.55. The van der Waals surface area contributed by atoms with Crippen LogP contribution < -0.4 is 9.47 Å². The fourth-order valence-electron chi connectivity index (χ4n) is 2.21. The molecule has 0 saturated carbocycles. The van der Waals surface area contributed by atoms with Gasteiger partial charge in [-0.3, -0.25) is 0 Å². The molecule has 4 heteroatoms. The van der Waals surface area contributed by atoms with Crippen LogP contribution in [0.1, 0.15) is 12.5 Å². The Morgan fingerprint density at radius 3 is 2.16 bits per heavy atom. The Morgan fingerprint density at radius 2 is 1.63 bits per heavy atom. The summed E-state index contributed by atoms with van der Waals surface area (Å²) in [6.07, 6.45) is 0.0764. The first-order chi connectivity index (χ1) is 9.06. The molecule has 0 aliphatic carbocycles. The highest BCUT2D eigenvalue weighted by Crippen LogP contribution is 2.37. The van der Waals surface area contributed by atoms with Crippen LogP contribution in [0.3, 0.4) is 0 Å². The van der Waals surface area contributed by atoms with Crippen molar-refractivity contribution in [3.05, 3.63) is 29.8 Å². The summed E-state index contributed by atoms with van der Waals surface area (Å²) in [6, 6.07) is 7.02. The number of hydrogen-bond donors (Lipinski definition) is 2. The molecule has 0 spiro atoms. The fourth-order valence-corrected chi connectivity index (χ4v) is 2.21. The van der Waals surface area contributed by atoms with Gasteiger partial charge in [-0.05, 0) is 42.5 Å². The van der Waals surface area contributed by atoms with E-state index in [2.05, 4.69) is 0 Å². The molecule has 1 unspecified atom stereocenters. The van der Waals surface area contributed by atoms with E-state index in [-0.39, 0.29) is 5.75 Å². The molecule has 0 bridgehead atoms. The largest absolute Gasteiger partial charge is 0.507 e. The lowest BCUT2D eigenvalue weighted by atomic mass is 9.99. The molecule has 102 valence electrons. The van der Waals surface area contributed by atoms with E-state index in [0.29, 0.717) is 23.3 Å². The number of rotatable bonds is 4. The molecule has 4 nitrogen and oxygen atoms in total. The van der Waals surface area contributed by atoms with Crippen molar-refractivity contribution < 1.29 is 19.7 Å². The van der Waals surface area contributed by atoms with E-state index in [4.69, 9.17) is 9.47 Å². The van der Waals surface area contributed by atoms with Crippen LogP contribution in [-0.4, -0.2) is 30.5 Å². The number of ether oxygens (including phenoxy) is 2. The third kappa shape index (κ3) is 2.58. The van der Waals surface area contributed by atoms with Gasteiger partial charge in [-0.2, -0.15) is 0 Å². The number of phenolic OH excluding ortho intramolecular Hbond substituents is 1. The van der Waals surface area contributed by atoms with Crippen molar-refractivity contribution >= 4 is 10.8 Å². The summed E-state index contributed by atoms with van der Waals surface area (Å²) in [5.74, 6) is 1.36. The third-order valence-corrected chi connectivity index (χ3v) is 3.10. The second kappa shape index (κ2) is 5.36. The van der Waals surface area contributed by atoms with Crippen molar-refractivity contribution in [1.29, 1.82) is 0 Å². The van der Waals surface area contributed by atoms with Crippen molar-refractivity contribution in [2.45, 2.75) is 19.4 Å². The Balaban J connectivity index is 2.70. The van der Waals surface area contributed by atoms with Gasteiger partial charge in [-0.1, -0.05) is 6.07 Å². The average molecular weight is 262 g/mol. The molecule has 19 heavy (non-hydrogen) atoms. The minimum atomic E-state index is -0.444. The highest BCUT2D eigenvalue weighted by Gasteiger charge is 2.12. The molecular weight excluding hydrogens is 244 g/mol. The smallest absolute Gasteiger partial charge is 0.161 e. The number of aliphatic hydroxyl groups excluding tert-OH is 1. The van der Waals surface area contributed by atoms with Gasteiger partial charge in [0.2, 0.25) is 0 Å². The summed E-state index contributed by atoms with van der Waals surface area (Å²) in [5.41, 5.74) is 0.962. The molecule has 0 heterocycles. The normalized spacial score (nSPS) is 12.4. The first-order valence-corrected chi connectivity index (χ1v) is 6.11.